The zero-order chi connectivity index (χ0) is 26.0. The van der Waals surface area contributed by atoms with E-state index >= 15 is 0 Å². The van der Waals surface area contributed by atoms with Gasteiger partial charge < -0.3 is 30.2 Å². The van der Waals surface area contributed by atoms with E-state index in [1.54, 1.807) is 0 Å². The number of carbonyl (C=O) groups is 2. The molecule has 9 atom stereocenters. The zero-order valence-electron chi connectivity index (χ0n) is 21.6. The second kappa shape index (κ2) is 11.1. The van der Waals surface area contributed by atoms with Crippen LogP contribution in [0, 0.1) is 40.4 Å². The smallest absolute Gasteiger partial charge is 0.414 e. The Labute approximate surface area is 208 Å². The van der Waals surface area contributed by atoms with Gasteiger partial charge >= 0.3 is 11.9 Å². The highest BCUT2D eigenvalue weighted by atomic mass is 16.6. The van der Waals surface area contributed by atoms with Crippen molar-refractivity contribution in [1.82, 2.24) is 4.90 Å². The van der Waals surface area contributed by atoms with Gasteiger partial charge in [-0.05, 0) is 106 Å². The van der Waals surface area contributed by atoms with E-state index in [2.05, 4.69) is 23.9 Å². The van der Waals surface area contributed by atoms with Gasteiger partial charge in [0.2, 0.25) is 0 Å². The summed E-state index contributed by atoms with van der Waals surface area (Å²) in [6.45, 7) is 6.28. The number of carboxylic acid groups (broad SMARTS) is 2. The highest BCUT2D eigenvalue weighted by Gasteiger charge is 2.61. The number of hydrogen-bond donors (Lipinski definition) is 4. The van der Waals surface area contributed by atoms with Gasteiger partial charge in [-0.2, -0.15) is 0 Å². The van der Waals surface area contributed by atoms with Crippen molar-refractivity contribution in [3.63, 3.8) is 0 Å². The second-order valence-electron chi connectivity index (χ2n) is 12.0. The van der Waals surface area contributed by atoms with Crippen molar-refractivity contribution in [2.24, 2.45) is 45.6 Å². The lowest BCUT2D eigenvalue weighted by Crippen LogP contribution is -2.58. The third-order valence-electron chi connectivity index (χ3n) is 9.83. The first-order valence-electron chi connectivity index (χ1n) is 13.0. The summed E-state index contributed by atoms with van der Waals surface area (Å²) in [4.78, 5) is 25.7. The molecule has 9 nitrogen and oxygen atoms in total. The van der Waals surface area contributed by atoms with E-state index in [1.807, 2.05) is 20.3 Å². The highest BCUT2D eigenvalue weighted by Crippen LogP contribution is 2.66. The Morgan fingerprint density at radius 1 is 0.943 bits per heavy atom. The Kier molecular flexibility index (Phi) is 8.86. The van der Waals surface area contributed by atoms with E-state index < -0.39 is 11.9 Å². The van der Waals surface area contributed by atoms with Crippen LogP contribution in [0.15, 0.2) is 5.16 Å². The van der Waals surface area contributed by atoms with Gasteiger partial charge in [0.15, 0.2) is 0 Å². The SMILES string of the molecule is CN(C)CCO/N=C\[C@H]1CC[C@@]2(C)[C@H](C1)[C@@H](O)C[C@@H]1[C@@H]2CC[C@]2(C)[C@@H](O)CC[C@@H]12.O=C(O)C(=O)O. The van der Waals surface area contributed by atoms with Gasteiger partial charge in [0.1, 0.15) is 6.61 Å². The molecule has 4 N–H and O–H groups in total. The molecule has 4 rings (SSSR count). The molecule has 0 aliphatic heterocycles. The van der Waals surface area contributed by atoms with Crippen molar-refractivity contribution in [3.05, 3.63) is 0 Å². The molecule has 0 bridgehead atoms. The molecule has 4 aliphatic rings. The maximum atomic E-state index is 11.2. The number of hydrogen-bond acceptors (Lipinski definition) is 7. The lowest BCUT2D eigenvalue weighted by atomic mass is 9.44. The van der Waals surface area contributed by atoms with Crippen LogP contribution in [0.2, 0.25) is 0 Å². The van der Waals surface area contributed by atoms with E-state index in [9.17, 15) is 10.2 Å². The molecule has 0 heterocycles. The molecule has 4 saturated carbocycles. The van der Waals surface area contributed by atoms with Crippen molar-refractivity contribution in [1.29, 1.82) is 0 Å². The fraction of sp³-hybridized carbons (Fsp3) is 0.885. The Bertz CT molecular complexity index is 778. The predicted molar refractivity (Wildman–Crippen MR) is 131 cm³/mol. The standard InChI is InChI=1S/C24H42N2O3.C2H2O4/c1-23-9-7-16(15-25-29-12-11-26(3)4)13-20(23)21(27)14-17-18-5-6-22(28)24(18,2)10-8-19(17)23;3-1(4)2(5)6/h15-22,27-28H,5-14H2,1-4H3;(H,3,4)(H,5,6)/b25-15-;/t16-,17-,18-,19-,20+,21-,22-,23+,24-;/m0./s1. The molecular formula is C26H44N2O7. The molecule has 0 amide bonds. The molecule has 35 heavy (non-hydrogen) atoms. The number of aliphatic carboxylic acids is 2. The molecule has 0 spiro atoms. The number of nitrogens with zero attached hydrogens (tertiary/aromatic N) is 2. The van der Waals surface area contributed by atoms with Crippen LogP contribution in [0.1, 0.15) is 65.2 Å². The van der Waals surface area contributed by atoms with Crippen LogP contribution < -0.4 is 0 Å². The predicted octanol–water partition coefficient (Wildman–Crippen LogP) is 2.70. The van der Waals surface area contributed by atoms with Crippen LogP contribution in [0.3, 0.4) is 0 Å². The largest absolute Gasteiger partial charge is 0.473 e. The summed E-state index contributed by atoms with van der Waals surface area (Å²) >= 11 is 0. The average Bonchev–Trinajstić information content (AvgIpc) is 3.09. The molecule has 200 valence electrons. The summed E-state index contributed by atoms with van der Waals surface area (Å²) in [6.07, 6.45) is 10.4. The van der Waals surface area contributed by atoms with E-state index in [0.717, 1.165) is 45.1 Å². The van der Waals surface area contributed by atoms with E-state index in [-0.39, 0.29) is 23.0 Å². The van der Waals surface area contributed by atoms with Crippen molar-refractivity contribution in [2.45, 2.75) is 77.4 Å². The molecule has 0 saturated heterocycles. The van der Waals surface area contributed by atoms with Crippen molar-refractivity contribution >= 4 is 18.2 Å². The van der Waals surface area contributed by atoms with Gasteiger partial charge in [-0.25, -0.2) is 9.59 Å². The fourth-order valence-electron chi connectivity index (χ4n) is 7.84. The van der Waals surface area contributed by atoms with Crippen molar-refractivity contribution in [3.8, 4) is 0 Å². The molecule has 0 aromatic rings. The minimum Gasteiger partial charge on any atom is -0.473 e. The summed E-state index contributed by atoms with van der Waals surface area (Å²) in [5.41, 5.74) is 0.311. The number of fused-ring (bicyclic) bond motifs is 5. The van der Waals surface area contributed by atoms with Gasteiger partial charge in [-0.3, -0.25) is 0 Å². The number of aliphatic hydroxyl groups excluding tert-OH is 2. The Hall–Kier alpha value is -1.71. The number of rotatable bonds is 5. The molecule has 9 heteroatoms. The number of aliphatic hydroxyl groups is 2. The minimum atomic E-state index is -1.82. The van der Waals surface area contributed by atoms with Crippen LogP contribution in [0.4, 0.5) is 0 Å². The monoisotopic (exact) mass is 496 g/mol. The van der Waals surface area contributed by atoms with E-state index in [1.165, 1.54) is 12.8 Å². The van der Waals surface area contributed by atoms with Crippen LogP contribution in [-0.4, -0.2) is 82.9 Å². The van der Waals surface area contributed by atoms with Crippen LogP contribution in [-0.2, 0) is 14.4 Å². The van der Waals surface area contributed by atoms with Gasteiger partial charge in [-0.15, -0.1) is 0 Å². The fourth-order valence-corrected chi connectivity index (χ4v) is 7.84. The van der Waals surface area contributed by atoms with Crippen molar-refractivity contribution in [2.75, 3.05) is 27.2 Å². The Morgan fingerprint density at radius 2 is 1.57 bits per heavy atom. The van der Waals surface area contributed by atoms with Crippen LogP contribution in [0.25, 0.3) is 0 Å². The average molecular weight is 497 g/mol. The lowest BCUT2D eigenvalue weighted by Gasteiger charge is -2.62. The first kappa shape index (κ1) is 27.9. The van der Waals surface area contributed by atoms with Gasteiger partial charge in [0.25, 0.3) is 0 Å². The van der Waals surface area contributed by atoms with Gasteiger partial charge in [-0.1, -0.05) is 19.0 Å². The molecule has 0 radical (unpaired) electrons. The Morgan fingerprint density at radius 3 is 2.20 bits per heavy atom. The summed E-state index contributed by atoms with van der Waals surface area (Å²) in [5.74, 6) is -0.986. The third kappa shape index (κ3) is 5.83. The molecule has 0 unspecified atom stereocenters. The Balaban J connectivity index is 0.000000509. The number of likely N-dealkylation sites (N-methyl/N-ethyl adjacent to an activating group) is 1. The number of oxime groups is 1. The van der Waals surface area contributed by atoms with Gasteiger partial charge in [0.05, 0.1) is 12.2 Å². The first-order chi connectivity index (χ1) is 16.4. The maximum absolute atomic E-state index is 11.2. The second-order valence-corrected chi connectivity index (χ2v) is 12.0. The summed E-state index contributed by atoms with van der Waals surface area (Å²) in [5, 5.41) is 40.9. The molecule has 4 fully saturated rings. The highest BCUT2D eigenvalue weighted by molar-refractivity contribution is 6.27. The molecule has 0 aromatic carbocycles. The normalized spacial score (nSPS) is 42.4. The lowest BCUT2D eigenvalue weighted by molar-refractivity contribution is -0.165. The first-order valence-corrected chi connectivity index (χ1v) is 13.0. The molecule has 0 aromatic heterocycles. The van der Waals surface area contributed by atoms with Gasteiger partial charge in [0, 0.05) is 12.8 Å². The van der Waals surface area contributed by atoms with Crippen molar-refractivity contribution < 1.29 is 34.9 Å². The molecule has 4 aliphatic carbocycles. The minimum absolute atomic E-state index is 0.0812. The quantitative estimate of drug-likeness (QED) is 0.197. The zero-order valence-corrected chi connectivity index (χ0v) is 21.6. The third-order valence-corrected chi connectivity index (χ3v) is 9.83. The summed E-state index contributed by atoms with van der Waals surface area (Å²) in [6, 6.07) is 0. The van der Waals surface area contributed by atoms with Crippen LogP contribution >= 0.6 is 0 Å². The van der Waals surface area contributed by atoms with E-state index in [4.69, 9.17) is 24.6 Å². The summed E-state index contributed by atoms with van der Waals surface area (Å²) in [7, 11) is 4.07. The summed E-state index contributed by atoms with van der Waals surface area (Å²) < 4.78 is 0. The molecular weight excluding hydrogens is 452 g/mol. The maximum Gasteiger partial charge on any atom is 0.414 e. The number of carboxylic acids is 2. The van der Waals surface area contributed by atoms with E-state index in [0.29, 0.717) is 36.2 Å². The topological polar surface area (TPSA) is 140 Å². The van der Waals surface area contributed by atoms with Crippen LogP contribution in [0.5, 0.6) is 0 Å².